The number of primary amides is 1. The molecule has 8 heterocycles. The summed E-state index contributed by atoms with van der Waals surface area (Å²) in [6, 6.07) is 28.9. The number of ether oxygens (including phenoxy) is 4. The number of piperidine rings is 1. The highest BCUT2D eigenvalue weighted by Gasteiger charge is 2.51. The van der Waals surface area contributed by atoms with Crippen LogP contribution in [0.4, 0.5) is 34.1 Å². The Bertz CT molecular complexity index is 3330. The predicted octanol–water partition coefficient (Wildman–Crippen LogP) is 8.31. The van der Waals surface area contributed by atoms with Crippen molar-refractivity contribution in [3.63, 3.8) is 0 Å². The molecule has 76 heavy (non-hydrogen) atoms. The molecule has 4 atom stereocenters. The van der Waals surface area contributed by atoms with Crippen molar-refractivity contribution in [1.29, 1.82) is 0 Å². The molecule has 4 aromatic carbocycles. The van der Waals surface area contributed by atoms with Gasteiger partial charge in [0.05, 0.1) is 51.5 Å². The Balaban J connectivity index is 0.881. The Morgan fingerprint density at radius 1 is 0.868 bits per heavy atom. The fraction of sp³-hybridized carbons (Fsp3) is 0.439. The lowest BCUT2D eigenvalue weighted by molar-refractivity contribution is -0.384. The molecule has 13 rings (SSSR count). The maximum atomic E-state index is 16.2. The molecular weight excluding hydrogens is 987 g/mol. The van der Waals surface area contributed by atoms with E-state index in [4.69, 9.17) is 29.7 Å². The third kappa shape index (κ3) is 8.46. The highest BCUT2D eigenvalue weighted by atomic mass is 32.2. The minimum atomic E-state index is -4.78. The Morgan fingerprint density at radius 2 is 1.64 bits per heavy atom. The molecule has 18 nitrogen and oxygen atoms in total. The van der Waals surface area contributed by atoms with Gasteiger partial charge in [0.2, 0.25) is 15.7 Å². The summed E-state index contributed by atoms with van der Waals surface area (Å²) in [6.45, 7) is 7.98. The number of rotatable bonds is 10. The first-order valence-corrected chi connectivity index (χ1v) is 28.3. The number of hydrogen-bond acceptors (Lipinski definition) is 15. The summed E-state index contributed by atoms with van der Waals surface area (Å²) in [5.74, 6) is -0.379. The van der Waals surface area contributed by atoms with Crippen molar-refractivity contribution >= 4 is 60.9 Å². The van der Waals surface area contributed by atoms with E-state index < -0.39 is 38.5 Å². The maximum Gasteiger partial charge on any atom is 0.297 e. The number of aromatic amines is 1. The van der Waals surface area contributed by atoms with Crippen LogP contribution < -0.4 is 35.2 Å². The molecule has 0 bridgehead atoms. The molecule has 4 N–H and O–H groups in total. The van der Waals surface area contributed by atoms with Crippen LogP contribution in [0, 0.1) is 28.4 Å². The van der Waals surface area contributed by atoms with E-state index in [0.29, 0.717) is 62.4 Å². The summed E-state index contributed by atoms with van der Waals surface area (Å²) in [5.41, 5.74) is 11.5. The number of piperazine rings is 1. The highest BCUT2D eigenvalue weighted by Crippen LogP contribution is 2.56. The van der Waals surface area contributed by atoms with Gasteiger partial charge in [-0.25, -0.2) is 8.42 Å². The summed E-state index contributed by atoms with van der Waals surface area (Å²) >= 11 is 0. The zero-order valence-electron chi connectivity index (χ0n) is 42.6. The van der Waals surface area contributed by atoms with E-state index in [1.165, 1.54) is 22.9 Å². The van der Waals surface area contributed by atoms with Crippen LogP contribution >= 0.6 is 0 Å². The lowest BCUT2D eigenvalue weighted by Gasteiger charge is -2.58. The molecular formula is C57H63N9O9S. The van der Waals surface area contributed by atoms with Gasteiger partial charge in [-0.05, 0) is 111 Å². The Hall–Kier alpha value is -6.93. The smallest absolute Gasteiger partial charge is 0.297 e. The zero-order chi connectivity index (χ0) is 51.9. The van der Waals surface area contributed by atoms with Gasteiger partial charge in [0, 0.05) is 88.0 Å². The number of nitrogens with one attached hydrogen (secondary N) is 2. The summed E-state index contributed by atoms with van der Waals surface area (Å²) in [7, 11) is -4.78. The van der Waals surface area contributed by atoms with Crippen LogP contribution in [0.2, 0.25) is 0 Å². The second kappa shape index (κ2) is 19.3. The molecule has 6 aliphatic heterocycles. The molecule has 1 spiro atoms. The molecule has 1 amide bonds. The number of benzene rings is 4. The van der Waals surface area contributed by atoms with Crippen molar-refractivity contribution in [3.05, 3.63) is 124 Å². The number of H-pyrrole nitrogens is 1. The van der Waals surface area contributed by atoms with Gasteiger partial charge in [0.15, 0.2) is 11.4 Å². The first kappa shape index (κ1) is 48.7. The van der Waals surface area contributed by atoms with E-state index >= 15 is 8.42 Å². The van der Waals surface area contributed by atoms with Crippen LogP contribution in [-0.2, 0) is 19.3 Å². The van der Waals surface area contributed by atoms with E-state index in [-0.39, 0.29) is 75.0 Å². The molecule has 396 valence electrons. The fourth-order valence-electron chi connectivity index (χ4n) is 13.6. The topological polar surface area (TPSA) is 211 Å². The second-order valence-corrected chi connectivity index (χ2v) is 23.8. The van der Waals surface area contributed by atoms with Crippen molar-refractivity contribution in [2.24, 2.45) is 17.1 Å². The number of aryl methyl sites for hydroxylation is 1. The van der Waals surface area contributed by atoms with Crippen molar-refractivity contribution in [3.8, 4) is 11.6 Å². The molecule has 2 aromatic heterocycles. The normalized spacial score (nSPS) is 23.9. The van der Waals surface area contributed by atoms with Gasteiger partial charge >= 0.3 is 0 Å². The number of aromatic nitrogens is 2. The number of para-hydroxylation sites is 1. The van der Waals surface area contributed by atoms with Crippen molar-refractivity contribution in [1.82, 2.24) is 14.9 Å². The maximum absolute atomic E-state index is 16.2. The molecule has 5 fully saturated rings. The van der Waals surface area contributed by atoms with Crippen molar-refractivity contribution in [2.45, 2.75) is 91.9 Å². The van der Waals surface area contributed by atoms with Gasteiger partial charge in [-0.3, -0.25) is 19.8 Å². The monoisotopic (exact) mass is 1050 g/mol. The van der Waals surface area contributed by atoms with Crippen LogP contribution in [0.3, 0.4) is 0 Å². The summed E-state index contributed by atoms with van der Waals surface area (Å²) in [6.07, 6.45) is 6.84. The van der Waals surface area contributed by atoms with E-state index in [0.717, 1.165) is 69.6 Å². The van der Waals surface area contributed by atoms with Crippen LogP contribution in [0.1, 0.15) is 72.5 Å². The highest BCUT2D eigenvalue weighted by molar-refractivity contribution is 7.91. The Kier molecular flexibility index (Phi) is 12.3. The van der Waals surface area contributed by atoms with E-state index in [2.05, 4.69) is 86.5 Å². The molecule has 19 heteroatoms. The van der Waals surface area contributed by atoms with Gasteiger partial charge in [0.25, 0.3) is 11.6 Å². The van der Waals surface area contributed by atoms with Gasteiger partial charge in [-0.1, -0.05) is 42.5 Å². The summed E-state index contributed by atoms with van der Waals surface area (Å²) in [5, 5.41) is 17.2. The number of carbonyl (C=O) groups is 1. The number of pyridine rings is 1. The Labute approximate surface area is 441 Å². The second-order valence-electron chi connectivity index (χ2n) is 21.9. The van der Waals surface area contributed by atoms with Crippen LogP contribution in [0.15, 0.2) is 107 Å². The van der Waals surface area contributed by atoms with Gasteiger partial charge < -0.3 is 49.7 Å². The first-order valence-electron chi connectivity index (χ1n) is 26.8. The molecule has 0 unspecified atom stereocenters. The number of nitrogens with two attached hydrogens (primary N) is 1. The lowest BCUT2D eigenvalue weighted by atomic mass is 9.59. The third-order valence-corrected chi connectivity index (χ3v) is 19.5. The average molecular weight is 1050 g/mol. The third-order valence-electron chi connectivity index (χ3n) is 17.7. The number of fused-ring (bicyclic) bond motifs is 4. The number of carbonyl (C=O) groups excluding carboxylic acids is 1. The molecule has 6 aromatic rings. The number of sulfone groups is 1. The summed E-state index contributed by atoms with van der Waals surface area (Å²) < 4.78 is 56.9. The number of amides is 1. The van der Waals surface area contributed by atoms with Crippen LogP contribution in [-0.4, -0.2) is 124 Å². The minimum Gasteiger partial charge on any atom is -0.489 e. The predicted molar refractivity (Wildman–Crippen MR) is 288 cm³/mol. The quantitative estimate of drug-likeness (QED) is 0.0870. The van der Waals surface area contributed by atoms with Crippen molar-refractivity contribution in [2.75, 3.05) is 85.8 Å². The standard InChI is InChI=1S/C57H63N9O9S/c1-35-7-5-6-10-41(35)48-32-63(38-8-3-2-4-9-38)22-23-64(48)39-30-57(31-39)17-20-62(21-18-57)45-12-11-42(54(58)67)52(65-44-16-26-73-34-50(44)75-56-47(65)27-37-13-19-59-55(37)61-56)53(45)76(70,71)40-28-46(66(68)69)51-49(29-40)74-33-43(60-51)36-14-24-72-25-15-36/h2-13,19,27-29,36,39,43-44,48,50,60H,14-18,20-26,30-34H2,1H3,(H2,58,67)(H,59,61)/t43-,44-,48-,50-/m0/s1. The van der Waals surface area contributed by atoms with Crippen LogP contribution in [0.5, 0.6) is 11.6 Å². The molecule has 1 saturated carbocycles. The lowest BCUT2D eigenvalue weighted by Crippen LogP contribution is -2.60. The zero-order valence-corrected chi connectivity index (χ0v) is 43.4. The van der Waals surface area contributed by atoms with Gasteiger partial charge in [-0.2, -0.15) is 4.98 Å². The van der Waals surface area contributed by atoms with Crippen LogP contribution in [0.25, 0.3) is 11.0 Å². The molecule has 7 aliphatic rings. The van der Waals surface area contributed by atoms with Crippen molar-refractivity contribution < 1.29 is 37.1 Å². The Morgan fingerprint density at radius 3 is 2.42 bits per heavy atom. The number of nitro groups is 1. The fourth-order valence-corrected chi connectivity index (χ4v) is 15.3. The number of nitrogens with zero attached hydrogens (tertiary/aromatic N) is 6. The first-order chi connectivity index (χ1) is 36.9. The average Bonchev–Trinajstić information content (AvgIpc) is 4.05. The number of anilines is 5. The number of hydrogen-bond donors (Lipinski definition) is 3. The number of nitro benzene ring substituents is 1. The van der Waals surface area contributed by atoms with E-state index in [1.807, 2.05) is 17.0 Å². The minimum absolute atomic E-state index is 0.0230. The SMILES string of the molecule is Cc1ccccc1[C@@H]1CN(c2ccccc2)CCN1C1CC2(CCN(c3ccc(C(N)=O)c(N4c5cc6cc[nH]c6nc5O[C@H]5COCC[C@@H]54)c3S(=O)(=O)c3cc4c(c([N+](=O)[O-])c3)N[C@H](C3CCOCC3)CO4)CC2)C1. The van der Waals surface area contributed by atoms with E-state index in [9.17, 15) is 14.9 Å². The van der Waals surface area contributed by atoms with Gasteiger partial charge in [-0.15, -0.1) is 0 Å². The van der Waals surface area contributed by atoms with E-state index in [1.54, 1.807) is 18.3 Å². The summed E-state index contributed by atoms with van der Waals surface area (Å²) in [4.78, 5) is 43.3. The molecule has 1 aliphatic carbocycles. The van der Waals surface area contributed by atoms with Gasteiger partial charge in [0.1, 0.15) is 28.9 Å². The largest absolute Gasteiger partial charge is 0.489 e. The molecule has 0 radical (unpaired) electrons. The molecule has 4 saturated heterocycles.